The molecule has 0 aromatic heterocycles. The first kappa shape index (κ1) is 12.6. The van der Waals surface area contributed by atoms with Gasteiger partial charge in [0.1, 0.15) is 0 Å². The minimum absolute atomic E-state index is 0.00301. The number of amides is 1. The van der Waals surface area contributed by atoms with E-state index in [1.54, 1.807) is 6.92 Å². The Bertz CT molecular complexity index is 478. The van der Waals surface area contributed by atoms with Gasteiger partial charge in [-0.05, 0) is 18.1 Å². The average Bonchev–Trinajstić information content (AvgIpc) is 2.43. The van der Waals surface area contributed by atoms with E-state index in [9.17, 15) is 4.79 Å². The summed E-state index contributed by atoms with van der Waals surface area (Å²) in [7, 11) is 0. The highest BCUT2D eigenvalue weighted by molar-refractivity contribution is 5.84. The number of rotatable bonds is 3. The van der Waals surface area contributed by atoms with Crippen LogP contribution >= 0.6 is 0 Å². The van der Waals surface area contributed by atoms with Gasteiger partial charge in [-0.2, -0.15) is 5.26 Å². The lowest BCUT2D eigenvalue weighted by Gasteiger charge is -2.25. The molecule has 0 radical (unpaired) electrons. The van der Waals surface area contributed by atoms with Crippen LogP contribution in [-0.2, 0) is 11.3 Å². The number of hydrogen-bond donors (Lipinski definition) is 2. The number of hydrogen-bond acceptors (Lipinski definition) is 3. The van der Waals surface area contributed by atoms with E-state index in [2.05, 4.69) is 16.7 Å². The second-order valence-corrected chi connectivity index (χ2v) is 4.66. The first-order valence-electron chi connectivity index (χ1n) is 6.18. The minimum Gasteiger partial charge on any atom is -0.354 e. The van der Waals surface area contributed by atoms with E-state index in [4.69, 9.17) is 5.26 Å². The zero-order chi connectivity index (χ0) is 13.0. The number of benzene rings is 1. The number of carbonyl (C=O) groups is 1. The van der Waals surface area contributed by atoms with Crippen molar-refractivity contribution in [2.45, 2.75) is 19.4 Å². The second kappa shape index (κ2) is 5.65. The maximum Gasteiger partial charge on any atom is 0.228 e. The van der Waals surface area contributed by atoms with Crippen molar-refractivity contribution in [3.63, 3.8) is 0 Å². The summed E-state index contributed by atoms with van der Waals surface area (Å²) in [4.78, 5) is 12.1. The summed E-state index contributed by atoms with van der Waals surface area (Å²) in [5.74, 6) is -0.307. The Labute approximate surface area is 107 Å². The molecule has 1 aromatic carbocycles. The molecule has 2 N–H and O–H groups in total. The minimum atomic E-state index is -0.152. The molecule has 94 valence electrons. The van der Waals surface area contributed by atoms with E-state index in [0.29, 0.717) is 13.1 Å². The quantitative estimate of drug-likeness (QED) is 0.837. The molecule has 18 heavy (non-hydrogen) atoms. The lowest BCUT2D eigenvalue weighted by molar-refractivity contribution is -0.122. The molecule has 0 bridgehead atoms. The number of nitriles is 1. The molecular formula is C14H17N3O. The third-order valence-corrected chi connectivity index (χ3v) is 3.21. The van der Waals surface area contributed by atoms with Crippen LogP contribution in [0.4, 0.5) is 0 Å². The van der Waals surface area contributed by atoms with E-state index < -0.39 is 0 Å². The summed E-state index contributed by atoms with van der Waals surface area (Å²) in [6.07, 6.45) is 0. The van der Waals surface area contributed by atoms with Gasteiger partial charge in [-0.25, -0.2) is 0 Å². The Morgan fingerprint density at radius 2 is 2.39 bits per heavy atom. The van der Waals surface area contributed by atoms with Gasteiger partial charge in [0, 0.05) is 19.6 Å². The third-order valence-electron chi connectivity index (χ3n) is 3.21. The molecule has 2 atom stereocenters. The fourth-order valence-corrected chi connectivity index (χ4v) is 2.15. The van der Waals surface area contributed by atoms with Crippen LogP contribution in [0.3, 0.4) is 0 Å². The van der Waals surface area contributed by atoms with Gasteiger partial charge in [0.2, 0.25) is 5.91 Å². The SMILES string of the molecule is CC(C#N)CNC(=O)C1CNCc2ccccc21. The van der Waals surface area contributed by atoms with Crippen molar-refractivity contribution in [3.8, 4) is 6.07 Å². The summed E-state index contributed by atoms with van der Waals surface area (Å²) in [6, 6.07) is 10.1. The molecular weight excluding hydrogens is 226 g/mol. The molecule has 1 aliphatic heterocycles. The summed E-state index contributed by atoms with van der Waals surface area (Å²) < 4.78 is 0. The van der Waals surface area contributed by atoms with Gasteiger partial charge in [0.25, 0.3) is 0 Å². The maximum atomic E-state index is 12.1. The molecule has 0 fully saturated rings. The van der Waals surface area contributed by atoms with E-state index in [0.717, 1.165) is 12.1 Å². The fourth-order valence-electron chi connectivity index (χ4n) is 2.15. The second-order valence-electron chi connectivity index (χ2n) is 4.66. The highest BCUT2D eigenvalue weighted by Crippen LogP contribution is 2.23. The molecule has 1 aliphatic rings. The average molecular weight is 243 g/mol. The standard InChI is InChI=1S/C14H17N3O/c1-10(6-15)7-17-14(18)13-9-16-8-11-4-2-3-5-12(11)13/h2-5,10,13,16H,7-9H2,1H3,(H,17,18). The Morgan fingerprint density at radius 3 is 3.17 bits per heavy atom. The molecule has 2 unspecified atom stereocenters. The molecule has 0 spiro atoms. The lowest BCUT2D eigenvalue weighted by Crippen LogP contribution is -2.40. The molecule has 1 amide bonds. The van der Waals surface area contributed by atoms with Crippen LogP contribution in [0.1, 0.15) is 24.0 Å². The van der Waals surface area contributed by atoms with Crippen molar-refractivity contribution in [2.24, 2.45) is 5.92 Å². The Kier molecular flexibility index (Phi) is 3.96. The van der Waals surface area contributed by atoms with Crippen LogP contribution in [0.25, 0.3) is 0 Å². The molecule has 0 aliphatic carbocycles. The molecule has 4 heteroatoms. The van der Waals surface area contributed by atoms with Crippen molar-refractivity contribution in [2.75, 3.05) is 13.1 Å². The zero-order valence-corrected chi connectivity index (χ0v) is 10.4. The van der Waals surface area contributed by atoms with Crippen LogP contribution in [0.2, 0.25) is 0 Å². The van der Waals surface area contributed by atoms with Crippen molar-refractivity contribution >= 4 is 5.91 Å². The van der Waals surface area contributed by atoms with Gasteiger partial charge in [0.05, 0.1) is 17.9 Å². The number of nitrogens with one attached hydrogen (secondary N) is 2. The van der Waals surface area contributed by atoms with Crippen molar-refractivity contribution in [1.82, 2.24) is 10.6 Å². The summed E-state index contributed by atoms with van der Waals surface area (Å²) >= 11 is 0. The Hall–Kier alpha value is -1.86. The fraction of sp³-hybridized carbons (Fsp3) is 0.429. The summed E-state index contributed by atoms with van der Waals surface area (Å²) in [5, 5.41) is 14.8. The topological polar surface area (TPSA) is 64.9 Å². The van der Waals surface area contributed by atoms with E-state index in [1.165, 1.54) is 5.56 Å². The van der Waals surface area contributed by atoms with Crippen LogP contribution in [0.15, 0.2) is 24.3 Å². The largest absolute Gasteiger partial charge is 0.354 e. The normalized spacial score (nSPS) is 19.4. The van der Waals surface area contributed by atoms with E-state index >= 15 is 0 Å². The molecule has 4 nitrogen and oxygen atoms in total. The third kappa shape index (κ3) is 2.69. The van der Waals surface area contributed by atoms with Gasteiger partial charge in [-0.3, -0.25) is 4.79 Å². The first-order valence-corrected chi connectivity index (χ1v) is 6.18. The van der Waals surface area contributed by atoms with Gasteiger partial charge < -0.3 is 10.6 Å². The summed E-state index contributed by atoms with van der Waals surface area (Å²) in [5.41, 5.74) is 2.27. The molecule has 0 saturated heterocycles. The summed E-state index contributed by atoms with van der Waals surface area (Å²) in [6.45, 7) is 3.68. The highest BCUT2D eigenvalue weighted by atomic mass is 16.1. The van der Waals surface area contributed by atoms with Gasteiger partial charge in [0.15, 0.2) is 0 Å². The molecule has 2 rings (SSSR count). The lowest BCUT2D eigenvalue weighted by atomic mass is 9.90. The predicted molar refractivity (Wildman–Crippen MR) is 68.7 cm³/mol. The van der Waals surface area contributed by atoms with Crippen LogP contribution in [-0.4, -0.2) is 19.0 Å². The van der Waals surface area contributed by atoms with Crippen molar-refractivity contribution < 1.29 is 4.79 Å². The van der Waals surface area contributed by atoms with Crippen LogP contribution in [0, 0.1) is 17.2 Å². The maximum absolute atomic E-state index is 12.1. The number of fused-ring (bicyclic) bond motifs is 1. The Morgan fingerprint density at radius 1 is 1.61 bits per heavy atom. The first-order chi connectivity index (χ1) is 8.72. The predicted octanol–water partition coefficient (Wildman–Crippen LogP) is 1.15. The smallest absolute Gasteiger partial charge is 0.228 e. The van der Waals surface area contributed by atoms with Gasteiger partial charge in [-0.15, -0.1) is 0 Å². The van der Waals surface area contributed by atoms with Gasteiger partial charge in [-0.1, -0.05) is 24.3 Å². The number of carbonyl (C=O) groups excluding carboxylic acids is 1. The van der Waals surface area contributed by atoms with E-state index in [1.807, 2.05) is 24.3 Å². The van der Waals surface area contributed by atoms with E-state index in [-0.39, 0.29) is 17.7 Å². The monoisotopic (exact) mass is 243 g/mol. The zero-order valence-electron chi connectivity index (χ0n) is 10.4. The molecule has 1 heterocycles. The molecule has 1 aromatic rings. The van der Waals surface area contributed by atoms with Gasteiger partial charge >= 0.3 is 0 Å². The number of nitrogens with zero attached hydrogens (tertiary/aromatic N) is 1. The Balaban J connectivity index is 2.06. The van der Waals surface area contributed by atoms with Crippen LogP contribution in [0.5, 0.6) is 0 Å². The molecule has 0 saturated carbocycles. The van der Waals surface area contributed by atoms with Crippen LogP contribution < -0.4 is 10.6 Å². The van der Waals surface area contributed by atoms with Crippen molar-refractivity contribution in [3.05, 3.63) is 35.4 Å². The van der Waals surface area contributed by atoms with Crippen molar-refractivity contribution in [1.29, 1.82) is 5.26 Å². The highest BCUT2D eigenvalue weighted by Gasteiger charge is 2.25.